The van der Waals surface area contributed by atoms with Crippen LogP contribution in [0.1, 0.15) is 21.6 Å². The number of aromatic nitrogens is 1. The maximum atomic E-state index is 13.9. The van der Waals surface area contributed by atoms with Gasteiger partial charge in [-0.15, -0.1) is 0 Å². The first-order valence-corrected chi connectivity index (χ1v) is 7.19. The number of aromatic amines is 1. The van der Waals surface area contributed by atoms with Gasteiger partial charge in [0.05, 0.1) is 11.3 Å². The highest BCUT2D eigenvalue weighted by molar-refractivity contribution is 6.51. The van der Waals surface area contributed by atoms with Crippen LogP contribution < -0.4 is 0 Å². The molecule has 4 heteroatoms. The van der Waals surface area contributed by atoms with Crippen LogP contribution >= 0.6 is 0 Å². The fourth-order valence-electron chi connectivity index (χ4n) is 2.98. The number of benzene rings is 2. The van der Waals surface area contributed by atoms with E-state index in [9.17, 15) is 9.18 Å². The summed E-state index contributed by atoms with van der Waals surface area (Å²) in [5.74, 6) is -0.885. The fraction of sp³-hybridized carbons (Fsp3) is 0.111. The van der Waals surface area contributed by atoms with E-state index in [1.165, 1.54) is 12.1 Å². The van der Waals surface area contributed by atoms with E-state index in [-0.39, 0.29) is 11.3 Å². The highest BCUT2D eigenvalue weighted by Gasteiger charge is 2.26. The van der Waals surface area contributed by atoms with E-state index >= 15 is 0 Å². The van der Waals surface area contributed by atoms with Crippen molar-refractivity contribution in [1.82, 2.24) is 4.98 Å². The third-order valence-corrected chi connectivity index (χ3v) is 4.02. The number of hydrogen-bond acceptors (Lipinski definition) is 2. The molecule has 22 heavy (non-hydrogen) atoms. The minimum absolute atomic E-state index is 0.0627. The van der Waals surface area contributed by atoms with Crippen molar-refractivity contribution in [3.05, 3.63) is 71.2 Å². The molecule has 0 saturated heterocycles. The Kier molecular flexibility index (Phi) is 2.89. The molecule has 1 aliphatic heterocycles. The third-order valence-electron chi connectivity index (χ3n) is 4.02. The van der Waals surface area contributed by atoms with Gasteiger partial charge in [0.15, 0.2) is 0 Å². The standard InChI is InChI=1S/C18H13FN2O/c19-14-7-3-1-6-13(14)18(22)17-16-12(9-10-20-17)11-5-2-4-8-15(11)21-16/h1-8,21H,9-10H2. The lowest BCUT2D eigenvalue weighted by molar-refractivity contribution is 0.106. The summed E-state index contributed by atoms with van der Waals surface area (Å²) in [6.07, 6.45) is 0.785. The van der Waals surface area contributed by atoms with Gasteiger partial charge in [-0.25, -0.2) is 4.39 Å². The molecule has 0 fully saturated rings. The van der Waals surface area contributed by atoms with Crippen molar-refractivity contribution in [2.75, 3.05) is 6.54 Å². The summed E-state index contributed by atoms with van der Waals surface area (Å²) in [5.41, 5.74) is 3.17. The first-order chi connectivity index (χ1) is 10.8. The van der Waals surface area contributed by atoms with E-state index in [0.717, 1.165) is 28.6 Å². The maximum Gasteiger partial charge on any atom is 0.215 e. The maximum absolute atomic E-state index is 13.9. The molecule has 1 aromatic heterocycles. The SMILES string of the molecule is O=C(C1=NCCc2c1[nH]c1ccccc21)c1ccccc1F. The zero-order chi connectivity index (χ0) is 15.1. The molecule has 0 atom stereocenters. The highest BCUT2D eigenvalue weighted by atomic mass is 19.1. The van der Waals surface area contributed by atoms with Gasteiger partial charge in [-0.1, -0.05) is 30.3 Å². The number of nitrogens with one attached hydrogen (secondary N) is 1. The molecule has 0 saturated carbocycles. The average Bonchev–Trinajstić information content (AvgIpc) is 2.93. The molecule has 0 bridgehead atoms. The van der Waals surface area contributed by atoms with Gasteiger partial charge >= 0.3 is 0 Å². The normalized spacial score (nSPS) is 13.8. The smallest absolute Gasteiger partial charge is 0.215 e. The molecule has 1 aliphatic rings. The second-order valence-corrected chi connectivity index (χ2v) is 5.31. The lowest BCUT2D eigenvalue weighted by Gasteiger charge is -2.12. The second kappa shape index (κ2) is 4.91. The molecule has 0 unspecified atom stereocenters. The van der Waals surface area contributed by atoms with E-state index in [4.69, 9.17) is 0 Å². The summed E-state index contributed by atoms with van der Waals surface area (Å²) in [6.45, 7) is 0.546. The van der Waals surface area contributed by atoms with Gasteiger partial charge in [0.25, 0.3) is 0 Å². The van der Waals surface area contributed by atoms with Gasteiger partial charge in [0.2, 0.25) is 5.78 Å². The molecule has 4 rings (SSSR count). The Bertz CT molecular complexity index is 924. The molecule has 2 aromatic carbocycles. The van der Waals surface area contributed by atoms with Crippen LogP contribution in [-0.2, 0) is 6.42 Å². The van der Waals surface area contributed by atoms with E-state index in [2.05, 4.69) is 9.98 Å². The van der Waals surface area contributed by atoms with E-state index in [1.54, 1.807) is 12.1 Å². The van der Waals surface area contributed by atoms with Crippen LogP contribution in [0, 0.1) is 5.82 Å². The van der Waals surface area contributed by atoms with Crippen molar-refractivity contribution in [1.29, 1.82) is 0 Å². The third kappa shape index (κ3) is 1.88. The molecule has 3 aromatic rings. The number of rotatable bonds is 2. The van der Waals surface area contributed by atoms with Gasteiger partial charge in [-0.3, -0.25) is 9.79 Å². The molecule has 0 spiro atoms. The zero-order valence-corrected chi connectivity index (χ0v) is 11.8. The van der Waals surface area contributed by atoms with Crippen molar-refractivity contribution < 1.29 is 9.18 Å². The first-order valence-electron chi connectivity index (χ1n) is 7.19. The summed E-state index contributed by atoms with van der Waals surface area (Å²) in [4.78, 5) is 20.3. The largest absolute Gasteiger partial charge is 0.353 e. The quantitative estimate of drug-likeness (QED) is 0.721. The summed E-state index contributed by atoms with van der Waals surface area (Å²) < 4.78 is 13.9. The van der Waals surface area contributed by atoms with Crippen LogP contribution in [0.4, 0.5) is 4.39 Å². The number of carbonyl (C=O) groups is 1. The number of ketones is 1. The molecular weight excluding hydrogens is 279 g/mol. The van der Waals surface area contributed by atoms with Crippen LogP contribution in [0.25, 0.3) is 10.9 Å². The number of aliphatic imine (C=N–C) groups is 1. The van der Waals surface area contributed by atoms with Gasteiger partial charge in [0.1, 0.15) is 11.5 Å². The van der Waals surface area contributed by atoms with Gasteiger partial charge < -0.3 is 4.98 Å². The van der Waals surface area contributed by atoms with E-state index in [0.29, 0.717) is 12.3 Å². The minimum atomic E-state index is -0.515. The Morgan fingerprint density at radius 1 is 1.09 bits per heavy atom. The number of fused-ring (bicyclic) bond motifs is 3. The predicted octanol–water partition coefficient (Wildman–Crippen LogP) is 3.54. The number of para-hydroxylation sites is 1. The Labute approximate surface area is 126 Å². The van der Waals surface area contributed by atoms with E-state index < -0.39 is 5.82 Å². The number of Topliss-reactive ketones (excluding diaryl/α,β-unsaturated/α-hetero) is 1. The molecule has 108 valence electrons. The van der Waals surface area contributed by atoms with Gasteiger partial charge in [-0.05, 0) is 30.2 Å². The summed E-state index contributed by atoms with van der Waals surface area (Å²) in [5, 5.41) is 1.10. The van der Waals surface area contributed by atoms with Crippen molar-refractivity contribution in [3.8, 4) is 0 Å². The van der Waals surface area contributed by atoms with Crippen molar-refractivity contribution in [2.24, 2.45) is 4.99 Å². The number of halogens is 1. The first kappa shape index (κ1) is 13.0. The Hall–Kier alpha value is -2.75. The lowest BCUT2D eigenvalue weighted by atomic mass is 9.97. The molecule has 0 radical (unpaired) electrons. The average molecular weight is 292 g/mol. The van der Waals surface area contributed by atoms with Crippen LogP contribution in [-0.4, -0.2) is 23.0 Å². The van der Waals surface area contributed by atoms with Crippen molar-refractivity contribution in [3.63, 3.8) is 0 Å². The molecule has 0 aliphatic carbocycles. The van der Waals surface area contributed by atoms with Crippen LogP contribution in [0.2, 0.25) is 0 Å². The summed E-state index contributed by atoms with van der Waals surface area (Å²) >= 11 is 0. The number of hydrogen-bond donors (Lipinski definition) is 1. The lowest BCUT2D eigenvalue weighted by Crippen LogP contribution is -2.22. The Morgan fingerprint density at radius 3 is 2.73 bits per heavy atom. The molecule has 3 nitrogen and oxygen atoms in total. The molecule has 1 N–H and O–H groups in total. The zero-order valence-electron chi connectivity index (χ0n) is 11.8. The van der Waals surface area contributed by atoms with E-state index in [1.807, 2.05) is 24.3 Å². The van der Waals surface area contributed by atoms with Crippen LogP contribution in [0.15, 0.2) is 53.5 Å². The predicted molar refractivity (Wildman–Crippen MR) is 84.1 cm³/mol. The Balaban J connectivity index is 1.87. The highest BCUT2D eigenvalue weighted by Crippen LogP contribution is 2.27. The monoisotopic (exact) mass is 292 g/mol. The van der Waals surface area contributed by atoms with Crippen molar-refractivity contribution >= 4 is 22.4 Å². The van der Waals surface area contributed by atoms with Crippen LogP contribution in [0.3, 0.4) is 0 Å². The van der Waals surface area contributed by atoms with Gasteiger partial charge in [0, 0.05) is 17.4 Å². The number of carbonyl (C=O) groups excluding carboxylic acids is 1. The second-order valence-electron chi connectivity index (χ2n) is 5.31. The van der Waals surface area contributed by atoms with Crippen molar-refractivity contribution in [2.45, 2.75) is 6.42 Å². The summed E-state index contributed by atoms with van der Waals surface area (Å²) in [6, 6.07) is 13.9. The Morgan fingerprint density at radius 2 is 1.86 bits per heavy atom. The number of H-pyrrole nitrogens is 1. The topological polar surface area (TPSA) is 45.2 Å². The van der Waals surface area contributed by atoms with Crippen LogP contribution in [0.5, 0.6) is 0 Å². The summed E-state index contributed by atoms with van der Waals surface area (Å²) in [7, 11) is 0. The van der Waals surface area contributed by atoms with Gasteiger partial charge in [-0.2, -0.15) is 0 Å². The number of nitrogens with zero attached hydrogens (tertiary/aromatic N) is 1. The molecule has 2 heterocycles. The minimum Gasteiger partial charge on any atom is -0.353 e. The molecular formula is C18H13FN2O. The fourth-order valence-corrected chi connectivity index (χ4v) is 2.98. The molecule has 0 amide bonds.